The number of carbonyl (C=O) groups excluding carboxylic acids is 1. The SMILES string of the molecule is CCC(C)c1ccc2c(c1)OC1(O)c3ccccc3C(=O)C21O. The second kappa shape index (κ2) is 4.43. The van der Waals surface area contributed by atoms with Crippen molar-refractivity contribution >= 4 is 5.78 Å². The number of hydrogen-bond acceptors (Lipinski definition) is 4. The number of benzene rings is 2. The molecule has 2 aromatic carbocycles. The van der Waals surface area contributed by atoms with E-state index < -0.39 is 17.2 Å². The first-order chi connectivity index (χ1) is 10.9. The van der Waals surface area contributed by atoms with Gasteiger partial charge in [-0.3, -0.25) is 4.79 Å². The largest absolute Gasteiger partial charge is 0.454 e. The zero-order chi connectivity index (χ0) is 16.4. The van der Waals surface area contributed by atoms with Crippen molar-refractivity contribution in [2.75, 3.05) is 0 Å². The Morgan fingerprint density at radius 3 is 2.61 bits per heavy atom. The Kier molecular flexibility index (Phi) is 2.78. The zero-order valence-corrected chi connectivity index (χ0v) is 13.0. The van der Waals surface area contributed by atoms with Crippen molar-refractivity contribution < 1.29 is 19.7 Å². The van der Waals surface area contributed by atoms with E-state index >= 15 is 0 Å². The molecule has 118 valence electrons. The van der Waals surface area contributed by atoms with E-state index in [2.05, 4.69) is 13.8 Å². The fraction of sp³-hybridized carbons (Fsp3) is 0.316. The zero-order valence-electron chi connectivity index (χ0n) is 13.0. The number of aliphatic hydroxyl groups is 2. The predicted molar refractivity (Wildman–Crippen MR) is 84.3 cm³/mol. The molecular formula is C19H18O4. The van der Waals surface area contributed by atoms with Gasteiger partial charge in [0, 0.05) is 16.7 Å². The Hall–Kier alpha value is -2.17. The maximum atomic E-state index is 12.8. The Balaban J connectivity index is 1.92. The summed E-state index contributed by atoms with van der Waals surface area (Å²) in [6.45, 7) is 4.19. The molecule has 1 aliphatic carbocycles. The molecule has 3 unspecified atom stereocenters. The molecule has 0 aromatic heterocycles. The van der Waals surface area contributed by atoms with Gasteiger partial charge in [-0.1, -0.05) is 50.2 Å². The number of Topliss-reactive ketones (excluding diaryl/α,β-unsaturated/α-hetero) is 1. The minimum absolute atomic E-state index is 0.300. The quantitative estimate of drug-likeness (QED) is 0.895. The minimum atomic E-state index is -2.08. The average molecular weight is 310 g/mol. The standard InChI is InChI=1S/C19H18O4/c1-3-11(2)12-8-9-15-16(10-12)23-19(22)14-7-5-4-6-13(14)17(20)18(15,19)21/h4-11,21-22H,3H2,1-2H3. The van der Waals surface area contributed by atoms with Crippen LogP contribution in [0.3, 0.4) is 0 Å². The van der Waals surface area contributed by atoms with Crippen molar-refractivity contribution in [2.24, 2.45) is 0 Å². The summed E-state index contributed by atoms with van der Waals surface area (Å²) in [6, 6.07) is 12.0. The third kappa shape index (κ3) is 1.55. The molecule has 0 radical (unpaired) electrons. The van der Waals surface area contributed by atoms with Gasteiger partial charge in [0.05, 0.1) is 0 Å². The van der Waals surface area contributed by atoms with Crippen LogP contribution in [0.2, 0.25) is 0 Å². The van der Waals surface area contributed by atoms with Gasteiger partial charge in [-0.15, -0.1) is 0 Å². The van der Waals surface area contributed by atoms with E-state index in [-0.39, 0.29) is 0 Å². The van der Waals surface area contributed by atoms with E-state index in [1.54, 1.807) is 30.3 Å². The van der Waals surface area contributed by atoms with E-state index in [0.29, 0.717) is 28.4 Å². The van der Waals surface area contributed by atoms with Crippen LogP contribution in [0.1, 0.15) is 53.2 Å². The molecule has 0 spiro atoms. The van der Waals surface area contributed by atoms with Crippen LogP contribution < -0.4 is 4.74 Å². The van der Waals surface area contributed by atoms with Crippen molar-refractivity contribution in [3.8, 4) is 5.75 Å². The fourth-order valence-corrected chi connectivity index (χ4v) is 3.58. The number of ether oxygens (including phenoxy) is 1. The van der Waals surface area contributed by atoms with Crippen LogP contribution in [0, 0.1) is 0 Å². The van der Waals surface area contributed by atoms with Gasteiger partial charge in [0.1, 0.15) is 5.75 Å². The first-order valence-corrected chi connectivity index (χ1v) is 7.86. The highest BCUT2D eigenvalue weighted by Gasteiger charge is 2.70. The highest BCUT2D eigenvalue weighted by molar-refractivity contribution is 6.09. The number of carbonyl (C=O) groups is 1. The number of ketones is 1. The fourth-order valence-electron chi connectivity index (χ4n) is 3.58. The van der Waals surface area contributed by atoms with E-state index in [0.717, 1.165) is 12.0 Å². The second-order valence-corrected chi connectivity index (χ2v) is 6.40. The third-order valence-corrected chi connectivity index (χ3v) is 5.19. The Morgan fingerprint density at radius 1 is 1.13 bits per heavy atom. The molecular weight excluding hydrogens is 292 g/mol. The van der Waals surface area contributed by atoms with Crippen molar-refractivity contribution in [3.05, 3.63) is 64.7 Å². The van der Waals surface area contributed by atoms with Crippen molar-refractivity contribution in [1.82, 2.24) is 0 Å². The maximum Gasteiger partial charge on any atom is 0.276 e. The monoisotopic (exact) mass is 310 g/mol. The van der Waals surface area contributed by atoms with Crippen LogP contribution in [-0.4, -0.2) is 16.0 Å². The molecule has 4 nitrogen and oxygen atoms in total. The van der Waals surface area contributed by atoms with Crippen LogP contribution in [0.4, 0.5) is 0 Å². The van der Waals surface area contributed by atoms with E-state index in [1.165, 1.54) is 0 Å². The van der Waals surface area contributed by atoms with Gasteiger partial charge in [0.25, 0.3) is 5.79 Å². The van der Waals surface area contributed by atoms with Gasteiger partial charge in [-0.2, -0.15) is 0 Å². The third-order valence-electron chi connectivity index (χ3n) is 5.19. The number of hydrogen-bond donors (Lipinski definition) is 2. The Morgan fingerprint density at radius 2 is 1.87 bits per heavy atom. The maximum absolute atomic E-state index is 12.8. The van der Waals surface area contributed by atoms with E-state index in [9.17, 15) is 15.0 Å². The summed E-state index contributed by atoms with van der Waals surface area (Å²) in [6.07, 6.45) is 0.967. The molecule has 23 heavy (non-hydrogen) atoms. The molecule has 4 rings (SSSR count). The molecule has 3 atom stereocenters. The molecule has 1 aliphatic heterocycles. The summed E-state index contributed by atoms with van der Waals surface area (Å²) in [5.41, 5.74) is -0.0876. The van der Waals surface area contributed by atoms with Gasteiger partial charge >= 0.3 is 0 Å². The molecule has 2 aromatic rings. The van der Waals surface area contributed by atoms with Crippen LogP contribution in [0.15, 0.2) is 42.5 Å². The Labute approximate surface area is 134 Å². The summed E-state index contributed by atoms with van der Waals surface area (Å²) in [5, 5.41) is 22.1. The summed E-state index contributed by atoms with van der Waals surface area (Å²) in [7, 11) is 0. The Bertz CT molecular complexity index is 828. The molecule has 0 saturated carbocycles. The lowest BCUT2D eigenvalue weighted by Gasteiger charge is -2.28. The first kappa shape index (κ1) is 14.4. The van der Waals surface area contributed by atoms with Crippen molar-refractivity contribution in [2.45, 2.75) is 37.6 Å². The summed E-state index contributed by atoms with van der Waals surface area (Å²) < 4.78 is 5.74. The molecule has 0 saturated heterocycles. The van der Waals surface area contributed by atoms with Gasteiger partial charge in [0.2, 0.25) is 11.4 Å². The van der Waals surface area contributed by atoms with Crippen LogP contribution in [-0.2, 0) is 11.4 Å². The lowest BCUT2D eigenvalue weighted by Crippen LogP contribution is -2.48. The van der Waals surface area contributed by atoms with Crippen LogP contribution in [0.5, 0.6) is 5.75 Å². The summed E-state index contributed by atoms with van der Waals surface area (Å²) in [4.78, 5) is 12.8. The number of rotatable bonds is 2. The molecule has 0 bridgehead atoms. The average Bonchev–Trinajstić information content (AvgIpc) is 2.90. The molecule has 0 amide bonds. The first-order valence-electron chi connectivity index (χ1n) is 7.86. The molecule has 2 aliphatic rings. The lowest BCUT2D eigenvalue weighted by atomic mass is 9.86. The summed E-state index contributed by atoms with van der Waals surface area (Å²) >= 11 is 0. The molecule has 4 heteroatoms. The van der Waals surface area contributed by atoms with Crippen molar-refractivity contribution in [1.29, 1.82) is 0 Å². The second-order valence-electron chi connectivity index (χ2n) is 6.40. The topological polar surface area (TPSA) is 66.8 Å². The number of fused-ring (bicyclic) bond motifs is 5. The lowest BCUT2D eigenvalue weighted by molar-refractivity contribution is -0.224. The van der Waals surface area contributed by atoms with Crippen LogP contribution >= 0.6 is 0 Å². The highest BCUT2D eigenvalue weighted by Crippen LogP contribution is 2.58. The molecule has 0 fully saturated rings. The van der Waals surface area contributed by atoms with E-state index in [4.69, 9.17) is 4.74 Å². The smallest absolute Gasteiger partial charge is 0.276 e. The van der Waals surface area contributed by atoms with Crippen LogP contribution in [0.25, 0.3) is 0 Å². The summed E-state index contributed by atoms with van der Waals surface area (Å²) in [5.74, 6) is -1.88. The highest BCUT2D eigenvalue weighted by atomic mass is 16.7. The predicted octanol–water partition coefficient (Wildman–Crippen LogP) is 2.82. The van der Waals surface area contributed by atoms with Gasteiger partial charge in [-0.25, -0.2) is 0 Å². The minimum Gasteiger partial charge on any atom is -0.454 e. The molecule has 1 heterocycles. The molecule has 2 N–H and O–H groups in total. The van der Waals surface area contributed by atoms with Crippen molar-refractivity contribution in [3.63, 3.8) is 0 Å². The van der Waals surface area contributed by atoms with E-state index in [1.807, 2.05) is 12.1 Å². The van der Waals surface area contributed by atoms with Gasteiger partial charge < -0.3 is 14.9 Å². The van der Waals surface area contributed by atoms with Gasteiger partial charge in [-0.05, 0) is 24.0 Å². The normalized spacial score (nSPS) is 28.8. The van der Waals surface area contributed by atoms with Gasteiger partial charge in [0.15, 0.2) is 0 Å².